The van der Waals surface area contributed by atoms with E-state index in [-0.39, 0.29) is 24.2 Å². The summed E-state index contributed by atoms with van der Waals surface area (Å²) in [6.07, 6.45) is 5.57. The largest absolute Gasteiger partial charge is 0.350 e. The highest BCUT2D eigenvalue weighted by molar-refractivity contribution is 6.12. The van der Waals surface area contributed by atoms with Gasteiger partial charge in [-0.05, 0) is 37.1 Å². The minimum absolute atomic E-state index is 0.0926. The summed E-state index contributed by atoms with van der Waals surface area (Å²) in [6.45, 7) is -0.282. The fraction of sp³-hybridized carbons (Fsp3) is 0.348. The molecule has 0 saturated heterocycles. The monoisotopic (exact) mass is 409 g/mol. The molecule has 156 valence electrons. The first-order valence-corrected chi connectivity index (χ1v) is 10.3. The lowest BCUT2D eigenvalue weighted by atomic mass is 9.94. The molecule has 0 spiro atoms. The third-order valence-corrected chi connectivity index (χ3v) is 5.85. The number of fused-ring (bicyclic) bond motifs is 1. The van der Waals surface area contributed by atoms with E-state index in [1.807, 2.05) is 29.2 Å². The van der Waals surface area contributed by atoms with Crippen LogP contribution < -0.4 is 15.1 Å². The molecule has 1 fully saturated rings. The van der Waals surface area contributed by atoms with Crippen molar-refractivity contribution in [2.75, 3.05) is 16.3 Å². The average molecular weight is 409 g/mol. The topological polar surface area (TPSA) is 69.7 Å². The third kappa shape index (κ3) is 3.67. The Labute approximate surface area is 174 Å². The second kappa shape index (κ2) is 8.65. The first kappa shape index (κ1) is 20.1. The second-order valence-electron chi connectivity index (χ2n) is 7.70. The third-order valence-electron chi connectivity index (χ3n) is 5.85. The van der Waals surface area contributed by atoms with Crippen molar-refractivity contribution in [1.82, 2.24) is 5.32 Å². The molecule has 1 heterocycles. The van der Waals surface area contributed by atoms with E-state index in [9.17, 15) is 18.8 Å². The Hall–Kier alpha value is -3.22. The molecule has 2 aromatic carbocycles. The van der Waals surface area contributed by atoms with E-state index in [1.165, 1.54) is 23.1 Å². The van der Waals surface area contributed by atoms with Crippen molar-refractivity contribution in [2.45, 2.75) is 44.2 Å². The summed E-state index contributed by atoms with van der Waals surface area (Å²) >= 11 is 0. The van der Waals surface area contributed by atoms with E-state index in [1.54, 1.807) is 6.07 Å². The van der Waals surface area contributed by atoms with Crippen LogP contribution in [0.3, 0.4) is 0 Å². The van der Waals surface area contributed by atoms with Crippen molar-refractivity contribution in [3.8, 4) is 0 Å². The van der Waals surface area contributed by atoms with Crippen LogP contribution >= 0.6 is 0 Å². The van der Waals surface area contributed by atoms with Gasteiger partial charge in [0.2, 0.25) is 12.3 Å². The van der Waals surface area contributed by atoms with Crippen LogP contribution in [0.4, 0.5) is 15.8 Å². The van der Waals surface area contributed by atoms with Crippen molar-refractivity contribution in [2.24, 2.45) is 0 Å². The number of benzene rings is 2. The highest BCUT2D eigenvalue weighted by atomic mass is 19.1. The van der Waals surface area contributed by atoms with Gasteiger partial charge in [-0.3, -0.25) is 19.3 Å². The highest BCUT2D eigenvalue weighted by Gasteiger charge is 2.45. The molecule has 1 aliphatic carbocycles. The predicted molar refractivity (Wildman–Crippen MR) is 111 cm³/mol. The van der Waals surface area contributed by atoms with Gasteiger partial charge in [0.05, 0.1) is 6.54 Å². The molecule has 1 atom stereocenters. The number of nitrogens with zero attached hydrogens (tertiary/aromatic N) is 2. The van der Waals surface area contributed by atoms with Crippen molar-refractivity contribution in [3.63, 3.8) is 0 Å². The molecular weight excluding hydrogens is 385 g/mol. The van der Waals surface area contributed by atoms with Crippen LogP contribution in [0.15, 0.2) is 48.5 Å². The van der Waals surface area contributed by atoms with Gasteiger partial charge in [0.15, 0.2) is 0 Å². The van der Waals surface area contributed by atoms with Gasteiger partial charge in [-0.25, -0.2) is 4.39 Å². The fourth-order valence-electron chi connectivity index (χ4n) is 4.56. The molecule has 2 aromatic rings. The van der Waals surface area contributed by atoms with Gasteiger partial charge >= 0.3 is 0 Å². The first-order valence-electron chi connectivity index (χ1n) is 10.3. The number of halogens is 1. The molecule has 1 aliphatic heterocycles. The van der Waals surface area contributed by atoms with Crippen LogP contribution in [0.25, 0.3) is 0 Å². The zero-order valence-corrected chi connectivity index (χ0v) is 16.6. The Balaban J connectivity index is 1.78. The Morgan fingerprint density at radius 3 is 2.63 bits per heavy atom. The van der Waals surface area contributed by atoms with E-state index in [2.05, 4.69) is 5.32 Å². The number of carbonyl (C=O) groups excluding carboxylic acids is 3. The van der Waals surface area contributed by atoms with Gasteiger partial charge < -0.3 is 10.2 Å². The molecule has 2 aliphatic rings. The molecule has 30 heavy (non-hydrogen) atoms. The standard InChI is InChI=1S/C23H24FN3O3/c24-16-7-6-10-18(13-16)27(21(29)14-25-15-28)22-19-11-4-5-12-20(19)26(23(22)30)17-8-2-1-3-9-17/h4-7,10-13,15,17,22H,1-3,8-9,14H2,(H,25,28). The summed E-state index contributed by atoms with van der Waals surface area (Å²) in [6, 6.07) is 12.3. The van der Waals surface area contributed by atoms with Crippen LogP contribution in [0.5, 0.6) is 0 Å². The zero-order valence-electron chi connectivity index (χ0n) is 16.6. The normalized spacial score (nSPS) is 18.8. The number of nitrogens with one attached hydrogen (secondary N) is 1. The minimum atomic E-state index is -0.897. The van der Waals surface area contributed by atoms with E-state index in [0.717, 1.165) is 43.4 Å². The lowest BCUT2D eigenvalue weighted by Gasteiger charge is -2.33. The SMILES string of the molecule is O=CNCC(=O)N(c1cccc(F)c1)C1C(=O)N(C2CCCCC2)c2ccccc21. The summed E-state index contributed by atoms with van der Waals surface area (Å²) in [5.41, 5.74) is 1.81. The lowest BCUT2D eigenvalue weighted by Crippen LogP contribution is -2.47. The van der Waals surface area contributed by atoms with Crippen LogP contribution in [0.2, 0.25) is 0 Å². The molecule has 4 rings (SSSR count). The highest BCUT2D eigenvalue weighted by Crippen LogP contribution is 2.44. The van der Waals surface area contributed by atoms with E-state index >= 15 is 0 Å². The average Bonchev–Trinajstić information content (AvgIpc) is 3.05. The van der Waals surface area contributed by atoms with Gasteiger partial charge in [-0.2, -0.15) is 0 Å². The van der Waals surface area contributed by atoms with Crippen LogP contribution in [-0.2, 0) is 14.4 Å². The van der Waals surface area contributed by atoms with Crippen molar-refractivity contribution in [3.05, 3.63) is 59.9 Å². The maximum atomic E-state index is 14.0. The van der Waals surface area contributed by atoms with Crippen LogP contribution in [-0.4, -0.2) is 30.8 Å². The number of rotatable bonds is 6. The maximum absolute atomic E-state index is 14.0. The Bertz CT molecular complexity index is 958. The van der Waals surface area contributed by atoms with Crippen molar-refractivity contribution in [1.29, 1.82) is 0 Å². The molecule has 6 nitrogen and oxygen atoms in total. The Kier molecular flexibility index (Phi) is 5.79. The molecule has 1 N–H and O–H groups in total. The zero-order chi connectivity index (χ0) is 21.1. The molecule has 1 unspecified atom stereocenters. The number of hydrogen-bond donors (Lipinski definition) is 1. The smallest absolute Gasteiger partial charge is 0.255 e. The molecule has 7 heteroatoms. The Morgan fingerprint density at radius 2 is 1.90 bits per heavy atom. The summed E-state index contributed by atoms with van der Waals surface area (Å²) in [7, 11) is 0. The molecule has 0 aromatic heterocycles. The molecule has 3 amide bonds. The molecular formula is C23H24FN3O3. The van der Waals surface area contributed by atoms with E-state index in [4.69, 9.17) is 0 Å². The van der Waals surface area contributed by atoms with E-state index in [0.29, 0.717) is 6.41 Å². The van der Waals surface area contributed by atoms with Gasteiger partial charge in [-0.1, -0.05) is 43.5 Å². The molecule has 0 radical (unpaired) electrons. The number of hydrogen-bond acceptors (Lipinski definition) is 3. The quantitative estimate of drug-likeness (QED) is 0.744. The number of carbonyl (C=O) groups is 3. The maximum Gasteiger partial charge on any atom is 0.255 e. The predicted octanol–water partition coefficient (Wildman–Crippen LogP) is 3.33. The van der Waals surface area contributed by atoms with Crippen LogP contribution in [0.1, 0.15) is 43.7 Å². The van der Waals surface area contributed by atoms with Crippen molar-refractivity contribution >= 4 is 29.6 Å². The van der Waals surface area contributed by atoms with Gasteiger partial charge in [0.25, 0.3) is 5.91 Å². The molecule has 0 bridgehead atoms. The minimum Gasteiger partial charge on any atom is -0.350 e. The lowest BCUT2D eigenvalue weighted by molar-refractivity contribution is -0.125. The number of amides is 3. The van der Waals surface area contributed by atoms with Crippen LogP contribution in [0, 0.1) is 5.82 Å². The number of anilines is 2. The first-order chi connectivity index (χ1) is 14.6. The summed E-state index contributed by atoms with van der Waals surface area (Å²) < 4.78 is 14.0. The van der Waals surface area contributed by atoms with E-state index < -0.39 is 17.8 Å². The van der Waals surface area contributed by atoms with Gasteiger partial charge in [0.1, 0.15) is 11.9 Å². The van der Waals surface area contributed by atoms with Crippen molar-refractivity contribution < 1.29 is 18.8 Å². The molecule has 1 saturated carbocycles. The number of para-hydroxylation sites is 1. The summed E-state index contributed by atoms with van der Waals surface area (Å²) in [5, 5.41) is 2.36. The summed E-state index contributed by atoms with van der Waals surface area (Å²) in [4.78, 5) is 40.6. The fourth-order valence-corrected chi connectivity index (χ4v) is 4.56. The second-order valence-corrected chi connectivity index (χ2v) is 7.70. The van der Waals surface area contributed by atoms with Gasteiger partial charge in [-0.15, -0.1) is 0 Å². The summed E-state index contributed by atoms with van der Waals surface area (Å²) in [5.74, 6) is -1.17. The Morgan fingerprint density at radius 1 is 1.13 bits per heavy atom. The van der Waals surface area contributed by atoms with Gasteiger partial charge in [0, 0.05) is 23.0 Å².